The molecule has 106 valence electrons. The SMILES string of the molecule is Cn1ncc2cc(CNC(=O)C3CCCN3O)ccc21. The number of aromatic nitrogens is 2. The maximum Gasteiger partial charge on any atom is 0.240 e. The second-order valence-electron chi connectivity index (χ2n) is 5.20. The summed E-state index contributed by atoms with van der Waals surface area (Å²) in [5.41, 5.74) is 2.10. The molecule has 2 heterocycles. The molecule has 0 aliphatic carbocycles. The quantitative estimate of drug-likeness (QED) is 0.877. The van der Waals surface area contributed by atoms with Crippen molar-refractivity contribution in [3.8, 4) is 0 Å². The van der Waals surface area contributed by atoms with Crippen molar-refractivity contribution in [2.75, 3.05) is 6.54 Å². The highest BCUT2D eigenvalue weighted by molar-refractivity contribution is 5.82. The van der Waals surface area contributed by atoms with Crippen LogP contribution in [0, 0.1) is 0 Å². The van der Waals surface area contributed by atoms with Gasteiger partial charge in [0.15, 0.2) is 0 Å². The van der Waals surface area contributed by atoms with E-state index < -0.39 is 6.04 Å². The summed E-state index contributed by atoms with van der Waals surface area (Å²) in [6, 6.07) is 5.60. The largest absolute Gasteiger partial charge is 0.351 e. The molecule has 0 saturated carbocycles. The summed E-state index contributed by atoms with van der Waals surface area (Å²) in [6.07, 6.45) is 3.38. The van der Waals surface area contributed by atoms with Crippen LogP contribution in [0.15, 0.2) is 24.4 Å². The minimum Gasteiger partial charge on any atom is -0.351 e. The van der Waals surface area contributed by atoms with Gasteiger partial charge in [-0.15, -0.1) is 0 Å². The van der Waals surface area contributed by atoms with Crippen molar-refractivity contribution in [1.29, 1.82) is 0 Å². The number of hydrogen-bond acceptors (Lipinski definition) is 4. The topological polar surface area (TPSA) is 70.4 Å². The number of carbonyl (C=O) groups is 1. The van der Waals surface area contributed by atoms with Gasteiger partial charge in [-0.05, 0) is 30.5 Å². The minimum absolute atomic E-state index is 0.115. The average Bonchev–Trinajstić information content (AvgIpc) is 3.03. The zero-order valence-corrected chi connectivity index (χ0v) is 11.4. The number of fused-ring (bicyclic) bond motifs is 1. The molecule has 2 N–H and O–H groups in total. The smallest absolute Gasteiger partial charge is 0.240 e. The molecule has 0 radical (unpaired) electrons. The third-order valence-electron chi connectivity index (χ3n) is 3.80. The first kappa shape index (κ1) is 13.1. The molecule has 1 aliphatic rings. The van der Waals surface area contributed by atoms with Gasteiger partial charge in [0.1, 0.15) is 6.04 Å². The number of carbonyl (C=O) groups excluding carboxylic acids is 1. The fourth-order valence-electron chi connectivity index (χ4n) is 2.65. The zero-order chi connectivity index (χ0) is 14.1. The van der Waals surface area contributed by atoms with E-state index in [1.165, 1.54) is 0 Å². The highest BCUT2D eigenvalue weighted by Gasteiger charge is 2.29. The van der Waals surface area contributed by atoms with E-state index in [2.05, 4.69) is 10.4 Å². The van der Waals surface area contributed by atoms with E-state index in [9.17, 15) is 10.0 Å². The Bertz CT molecular complexity index is 637. The van der Waals surface area contributed by atoms with Gasteiger partial charge in [-0.1, -0.05) is 6.07 Å². The maximum atomic E-state index is 12.0. The van der Waals surface area contributed by atoms with Gasteiger partial charge in [0.25, 0.3) is 0 Å². The number of hydrogen-bond donors (Lipinski definition) is 2. The summed E-state index contributed by atoms with van der Waals surface area (Å²) < 4.78 is 1.82. The Morgan fingerprint density at radius 2 is 2.40 bits per heavy atom. The van der Waals surface area contributed by atoms with Crippen molar-refractivity contribution in [3.05, 3.63) is 30.0 Å². The second-order valence-corrected chi connectivity index (χ2v) is 5.20. The number of aryl methyl sites for hydroxylation is 1. The molecule has 20 heavy (non-hydrogen) atoms. The van der Waals surface area contributed by atoms with Crippen molar-refractivity contribution in [1.82, 2.24) is 20.2 Å². The van der Waals surface area contributed by atoms with Crippen molar-refractivity contribution in [2.24, 2.45) is 7.05 Å². The van der Waals surface area contributed by atoms with Gasteiger partial charge in [-0.3, -0.25) is 9.48 Å². The van der Waals surface area contributed by atoms with Crippen LogP contribution in [-0.4, -0.2) is 38.5 Å². The maximum absolute atomic E-state index is 12.0. The Hall–Kier alpha value is -1.92. The van der Waals surface area contributed by atoms with Crippen LogP contribution in [0.3, 0.4) is 0 Å². The number of hydroxylamine groups is 2. The first-order valence-electron chi connectivity index (χ1n) is 6.79. The lowest BCUT2D eigenvalue weighted by Crippen LogP contribution is -2.41. The number of rotatable bonds is 3. The Morgan fingerprint density at radius 3 is 3.15 bits per heavy atom. The molecule has 6 heteroatoms. The van der Waals surface area contributed by atoms with Crippen LogP contribution in [0.25, 0.3) is 10.9 Å². The Morgan fingerprint density at radius 1 is 1.55 bits per heavy atom. The lowest BCUT2D eigenvalue weighted by Gasteiger charge is -2.16. The predicted molar refractivity (Wildman–Crippen MR) is 74.1 cm³/mol. The van der Waals surface area contributed by atoms with Crippen LogP contribution in [0.5, 0.6) is 0 Å². The number of benzene rings is 1. The normalized spacial score (nSPS) is 19.6. The molecule has 6 nitrogen and oxygen atoms in total. The molecule has 1 amide bonds. The summed E-state index contributed by atoms with van der Waals surface area (Å²) >= 11 is 0. The van der Waals surface area contributed by atoms with Gasteiger partial charge in [-0.2, -0.15) is 10.2 Å². The number of amides is 1. The van der Waals surface area contributed by atoms with Crippen LogP contribution in [-0.2, 0) is 18.4 Å². The molecule has 1 aromatic heterocycles. The van der Waals surface area contributed by atoms with Gasteiger partial charge in [0.05, 0.1) is 11.7 Å². The lowest BCUT2D eigenvalue weighted by molar-refractivity contribution is -0.145. The van der Waals surface area contributed by atoms with Gasteiger partial charge in [-0.25, -0.2) is 0 Å². The van der Waals surface area contributed by atoms with Crippen LogP contribution in [0.1, 0.15) is 18.4 Å². The molecule has 1 saturated heterocycles. The van der Waals surface area contributed by atoms with E-state index >= 15 is 0 Å². The van der Waals surface area contributed by atoms with Crippen LogP contribution in [0.4, 0.5) is 0 Å². The van der Waals surface area contributed by atoms with Crippen LogP contribution < -0.4 is 5.32 Å². The highest BCUT2D eigenvalue weighted by Crippen LogP contribution is 2.16. The van der Waals surface area contributed by atoms with Crippen molar-refractivity contribution in [3.63, 3.8) is 0 Å². The monoisotopic (exact) mass is 274 g/mol. The second kappa shape index (κ2) is 5.22. The van der Waals surface area contributed by atoms with E-state index in [4.69, 9.17) is 0 Å². The molecule has 1 unspecified atom stereocenters. The lowest BCUT2D eigenvalue weighted by atomic mass is 10.1. The van der Waals surface area contributed by atoms with Crippen molar-refractivity contribution in [2.45, 2.75) is 25.4 Å². The number of nitrogens with zero attached hydrogens (tertiary/aromatic N) is 3. The summed E-state index contributed by atoms with van der Waals surface area (Å²) in [6.45, 7) is 1.04. The van der Waals surface area contributed by atoms with Gasteiger partial charge < -0.3 is 10.5 Å². The first-order chi connectivity index (χ1) is 9.65. The molecule has 2 aromatic rings. The summed E-state index contributed by atoms with van der Waals surface area (Å²) in [4.78, 5) is 12.0. The molecular weight excluding hydrogens is 256 g/mol. The zero-order valence-electron chi connectivity index (χ0n) is 11.4. The van der Waals surface area contributed by atoms with E-state index in [1.54, 1.807) is 0 Å². The van der Waals surface area contributed by atoms with E-state index in [-0.39, 0.29) is 5.91 Å². The van der Waals surface area contributed by atoms with E-state index in [0.29, 0.717) is 19.5 Å². The Balaban J connectivity index is 1.66. The van der Waals surface area contributed by atoms with Crippen LogP contribution >= 0.6 is 0 Å². The number of nitrogens with one attached hydrogen (secondary N) is 1. The van der Waals surface area contributed by atoms with Crippen molar-refractivity contribution < 1.29 is 10.0 Å². The molecule has 1 aromatic carbocycles. The van der Waals surface area contributed by atoms with Crippen molar-refractivity contribution >= 4 is 16.8 Å². The third-order valence-corrected chi connectivity index (χ3v) is 3.80. The summed E-state index contributed by atoms with van der Waals surface area (Å²) in [5, 5.41) is 18.8. The molecule has 1 atom stereocenters. The summed E-state index contributed by atoms with van der Waals surface area (Å²) in [5.74, 6) is -0.115. The predicted octanol–water partition coefficient (Wildman–Crippen LogP) is 1.04. The van der Waals surface area contributed by atoms with E-state index in [1.807, 2.05) is 36.1 Å². The average molecular weight is 274 g/mol. The Labute approximate surface area is 116 Å². The third kappa shape index (κ3) is 2.39. The van der Waals surface area contributed by atoms with Gasteiger partial charge >= 0.3 is 0 Å². The molecule has 3 rings (SSSR count). The molecule has 1 fully saturated rings. The highest BCUT2D eigenvalue weighted by atomic mass is 16.5. The Kier molecular flexibility index (Phi) is 3.42. The van der Waals surface area contributed by atoms with E-state index in [0.717, 1.165) is 28.0 Å². The minimum atomic E-state index is -0.405. The van der Waals surface area contributed by atoms with Gasteiger partial charge in [0, 0.05) is 25.5 Å². The molecule has 0 spiro atoms. The molecule has 1 aliphatic heterocycles. The summed E-state index contributed by atoms with van der Waals surface area (Å²) in [7, 11) is 1.90. The van der Waals surface area contributed by atoms with Crippen LogP contribution in [0.2, 0.25) is 0 Å². The van der Waals surface area contributed by atoms with Gasteiger partial charge in [0.2, 0.25) is 5.91 Å². The standard InChI is InChI=1S/C14H18N4O2/c1-17-12-5-4-10(7-11(12)9-16-17)8-15-14(19)13-3-2-6-18(13)20/h4-5,7,9,13,20H,2-3,6,8H2,1H3,(H,15,19). The molecule has 0 bridgehead atoms. The fourth-order valence-corrected chi connectivity index (χ4v) is 2.65. The fraction of sp³-hybridized carbons (Fsp3) is 0.429. The first-order valence-corrected chi connectivity index (χ1v) is 6.79. The molecular formula is C14H18N4O2.